The van der Waals surface area contributed by atoms with Gasteiger partial charge in [-0.05, 0) is 35.7 Å². The van der Waals surface area contributed by atoms with Crippen molar-refractivity contribution in [2.45, 2.75) is 51.6 Å². The maximum absolute atomic E-state index is 12.0. The fraction of sp³-hybridized carbons (Fsp3) is 0.360. The lowest BCUT2D eigenvalue weighted by Crippen LogP contribution is -2.85. The van der Waals surface area contributed by atoms with Gasteiger partial charge in [-0.3, -0.25) is 14.9 Å². The molecule has 2 aromatic rings. The highest BCUT2D eigenvalue weighted by Crippen LogP contribution is 2.20. The van der Waals surface area contributed by atoms with Crippen LogP contribution >= 0.6 is 0 Å². The van der Waals surface area contributed by atoms with E-state index in [-0.39, 0.29) is 11.8 Å². The SMILES string of the molecule is CCC(=O)CCCCCC(C(N)=O)C1=NC=C(c2ccc3ccccc3c2)[NH2+]1.O=C([O-])C(F)(F)F. The molecule has 0 saturated carbocycles. The molecular formula is C25H28F3N3O4. The van der Waals surface area contributed by atoms with Crippen molar-refractivity contribution in [1.29, 1.82) is 0 Å². The maximum atomic E-state index is 12.0. The normalized spacial score (nSPS) is 13.9. The number of amides is 1. The molecule has 3 rings (SSSR count). The number of carboxylic acids is 1. The summed E-state index contributed by atoms with van der Waals surface area (Å²) in [5.74, 6) is -2.69. The maximum Gasteiger partial charge on any atom is 0.430 e. The number of aliphatic carboxylic acids is 1. The first-order valence-corrected chi connectivity index (χ1v) is 11.2. The largest absolute Gasteiger partial charge is 0.542 e. The third-order valence-corrected chi connectivity index (χ3v) is 5.51. The van der Waals surface area contributed by atoms with Gasteiger partial charge in [-0.25, -0.2) is 4.99 Å². The molecule has 0 aromatic heterocycles. The van der Waals surface area contributed by atoms with Crippen LogP contribution in [0.2, 0.25) is 0 Å². The van der Waals surface area contributed by atoms with Crippen molar-refractivity contribution in [3.05, 3.63) is 54.2 Å². The molecule has 1 unspecified atom stereocenters. The van der Waals surface area contributed by atoms with Gasteiger partial charge < -0.3 is 15.6 Å². The smallest absolute Gasteiger partial charge is 0.430 e. The van der Waals surface area contributed by atoms with E-state index in [1.807, 2.05) is 30.6 Å². The zero-order valence-electron chi connectivity index (χ0n) is 19.3. The quantitative estimate of drug-likeness (QED) is 0.495. The molecule has 0 saturated heterocycles. The van der Waals surface area contributed by atoms with Crippen LogP contribution in [0.1, 0.15) is 51.0 Å². The van der Waals surface area contributed by atoms with Gasteiger partial charge in [0.25, 0.3) is 0 Å². The lowest BCUT2D eigenvalue weighted by atomic mass is 9.98. The molecule has 2 aromatic carbocycles. The van der Waals surface area contributed by atoms with Crippen LogP contribution in [0, 0.1) is 5.92 Å². The first kappa shape index (κ1) is 27.7. The molecule has 0 spiro atoms. The van der Waals surface area contributed by atoms with E-state index in [9.17, 15) is 22.8 Å². The monoisotopic (exact) mass is 491 g/mol. The molecule has 10 heteroatoms. The molecule has 0 bridgehead atoms. The number of benzene rings is 2. The van der Waals surface area contributed by atoms with Crippen molar-refractivity contribution in [2.75, 3.05) is 0 Å². The van der Waals surface area contributed by atoms with Crippen LogP contribution in [-0.2, 0) is 14.4 Å². The summed E-state index contributed by atoms with van der Waals surface area (Å²) in [6.07, 6.45) is 1.17. The summed E-state index contributed by atoms with van der Waals surface area (Å²) in [6, 6.07) is 14.5. The van der Waals surface area contributed by atoms with Crippen LogP contribution in [0.4, 0.5) is 13.2 Å². The fourth-order valence-electron chi connectivity index (χ4n) is 3.56. The molecule has 4 N–H and O–H groups in total. The van der Waals surface area contributed by atoms with Crippen molar-refractivity contribution in [3.8, 4) is 0 Å². The Morgan fingerprint density at radius 3 is 2.31 bits per heavy atom. The second-order valence-electron chi connectivity index (χ2n) is 8.08. The van der Waals surface area contributed by atoms with Crippen LogP contribution in [0.25, 0.3) is 16.5 Å². The second-order valence-corrected chi connectivity index (χ2v) is 8.08. The molecule has 35 heavy (non-hydrogen) atoms. The number of quaternary nitrogens is 1. The van der Waals surface area contributed by atoms with Crippen LogP contribution in [-0.4, -0.2) is 29.7 Å². The zero-order chi connectivity index (χ0) is 26.0. The van der Waals surface area contributed by atoms with E-state index in [2.05, 4.69) is 35.3 Å². The molecule has 0 radical (unpaired) electrons. The highest BCUT2D eigenvalue weighted by Gasteiger charge is 2.30. The number of fused-ring (bicyclic) bond motifs is 1. The molecule has 1 heterocycles. The molecule has 0 aliphatic carbocycles. The number of hydrogen-bond acceptors (Lipinski definition) is 5. The van der Waals surface area contributed by atoms with Crippen LogP contribution < -0.4 is 16.2 Å². The number of carbonyl (C=O) groups is 3. The second kappa shape index (κ2) is 12.8. The van der Waals surface area contributed by atoms with Gasteiger partial charge in [-0.15, -0.1) is 0 Å². The van der Waals surface area contributed by atoms with Gasteiger partial charge in [0, 0.05) is 18.4 Å². The van der Waals surface area contributed by atoms with E-state index in [0.29, 0.717) is 25.0 Å². The molecule has 1 atom stereocenters. The van der Waals surface area contributed by atoms with Gasteiger partial charge in [0.15, 0.2) is 5.70 Å². The summed E-state index contributed by atoms with van der Waals surface area (Å²) in [5.41, 5.74) is 7.73. The highest BCUT2D eigenvalue weighted by molar-refractivity contribution is 6.00. The summed E-state index contributed by atoms with van der Waals surface area (Å²) in [7, 11) is 0. The number of carbonyl (C=O) groups excluding carboxylic acids is 3. The lowest BCUT2D eigenvalue weighted by Gasteiger charge is -2.11. The van der Waals surface area contributed by atoms with Gasteiger partial charge in [-0.2, -0.15) is 13.2 Å². The van der Waals surface area contributed by atoms with Crippen molar-refractivity contribution < 1.29 is 38.0 Å². The van der Waals surface area contributed by atoms with Crippen molar-refractivity contribution in [1.82, 2.24) is 0 Å². The molecule has 1 amide bonds. The van der Waals surface area contributed by atoms with E-state index < -0.39 is 12.1 Å². The van der Waals surface area contributed by atoms with Crippen LogP contribution in [0.15, 0.2) is 53.7 Å². The average molecular weight is 492 g/mol. The first-order chi connectivity index (χ1) is 16.5. The standard InChI is InChI=1S/C23H27N3O2.C2HF3O2/c1-2-19(27)10-4-3-5-11-20(22(24)28)23-25-15-21(26-23)18-13-12-16-8-6-7-9-17(16)14-18;3-2(4,5)1(6)7/h6-9,12-15,20H,2-5,10-11H2,1H3,(H2,24,28)(H,25,26);(H,6,7). The highest BCUT2D eigenvalue weighted by atomic mass is 19.4. The first-order valence-electron chi connectivity index (χ1n) is 11.2. The number of rotatable bonds is 10. The number of aliphatic imine (C=N–C) groups is 1. The average Bonchev–Trinajstić information content (AvgIpc) is 3.30. The minimum absolute atomic E-state index is 0.296. The Labute approximate surface area is 200 Å². The minimum atomic E-state index is -5.19. The molecule has 1 aliphatic rings. The predicted molar refractivity (Wildman–Crippen MR) is 123 cm³/mol. The topological polar surface area (TPSA) is 129 Å². The summed E-state index contributed by atoms with van der Waals surface area (Å²) in [6.45, 7) is 1.89. The Hall–Kier alpha value is -3.53. The summed E-state index contributed by atoms with van der Waals surface area (Å²) in [4.78, 5) is 36.6. The Morgan fingerprint density at radius 1 is 1.06 bits per heavy atom. The number of nitrogens with two attached hydrogens (primary N) is 2. The van der Waals surface area contributed by atoms with E-state index in [1.165, 1.54) is 10.8 Å². The summed E-state index contributed by atoms with van der Waals surface area (Å²) >= 11 is 0. The summed E-state index contributed by atoms with van der Waals surface area (Å²) in [5, 5.41) is 13.1. The van der Waals surface area contributed by atoms with Gasteiger partial charge in [0.05, 0.1) is 6.20 Å². The van der Waals surface area contributed by atoms with Gasteiger partial charge in [0.1, 0.15) is 17.7 Å². The van der Waals surface area contributed by atoms with Gasteiger partial charge in [-0.1, -0.05) is 50.1 Å². The molecule has 188 valence electrons. The number of carboxylic acid groups (broad SMARTS) is 1. The third kappa shape index (κ3) is 8.64. The number of unbranched alkanes of at least 4 members (excludes halogenated alkanes) is 2. The van der Waals surface area contributed by atoms with Crippen molar-refractivity contribution in [2.24, 2.45) is 16.6 Å². The third-order valence-electron chi connectivity index (χ3n) is 5.51. The van der Waals surface area contributed by atoms with E-state index in [0.717, 1.165) is 36.4 Å². The summed E-state index contributed by atoms with van der Waals surface area (Å²) < 4.78 is 31.5. The zero-order valence-corrected chi connectivity index (χ0v) is 19.3. The number of ketones is 1. The number of nitrogens with zero attached hydrogens (tertiary/aromatic N) is 1. The van der Waals surface area contributed by atoms with Crippen LogP contribution in [0.5, 0.6) is 0 Å². The number of halogens is 3. The Bertz CT molecular complexity index is 1130. The molecular weight excluding hydrogens is 463 g/mol. The number of Topliss-reactive ketones (excluding diaryl/α,β-unsaturated/α-hetero) is 1. The lowest BCUT2D eigenvalue weighted by molar-refractivity contribution is -0.435. The van der Waals surface area contributed by atoms with Crippen molar-refractivity contribution in [3.63, 3.8) is 0 Å². The number of primary amides is 1. The Kier molecular flexibility index (Phi) is 10.1. The van der Waals surface area contributed by atoms with E-state index >= 15 is 0 Å². The Balaban J connectivity index is 0.000000540. The van der Waals surface area contributed by atoms with E-state index in [1.54, 1.807) is 0 Å². The molecule has 7 nitrogen and oxygen atoms in total. The number of alkyl halides is 3. The minimum Gasteiger partial charge on any atom is -0.542 e. The number of hydrogen-bond donors (Lipinski definition) is 2. The molecule has 1 aliphatic heterocycles. The molecule has 0 fully saturated rings. The van der Waals surface area contributed by atoms with Crippen molar-refractivity contribution >= 4 is 40.0 Å². The Morgan fingerprint density at radius 2 is 1.71 bits per heavy atom. The fourth-order valence-corrected chi connectivity index (χ4v) is 3.56. The van der Waals surface area contributed by atoms with E-state index in [4.69, 9.17) is 15.6 Å². The van der Waals surface area contributed by atoms with Gasteiger partial charge in [0.2, 0.25) is 11.7 Å². The predicted octanol–water partition coefficient (Wildman–Crippen LogP) is 2.44. The number of amidine groups is 1. The van der Waals surface area contributed by atoms with Crippen LogP contribution in [0.3, 0.4) is 0 Å². The van der Waals surface area contributed by atoms with Gasteiger partial charge >= 0.3 is 6.18 Å².